The Morgan fingerprint density at radius 1 is 1.26 bits per heavy atom. The molecule has 0 spiro atoms. The first-order valence-electron chi connectivity index (χ1n) is 6.96. The Morgan fingerprint density at radius 2 is 1.87 bits per heavy atom. The van der Waals surface area contributed by atoms with Crippen molar-refractivity contribution in [2.24, 2.45) is 20.9 Å². The van der Waals surface area contributed by atoms with Crippen molar-refractivity contribution in [1.29, 1.82) is 0 Å². The van der Waals surface area contributed by atoms with Gasteiger partial charge in [0.05, 0.1) is 6.61 Å². The van der Waals surface area contributed by atoms with Crippen molar-refractivity contribution in [3.63, 3.8) is 0 Å². The number of guanidine groups is 1. The molecular weight excluding hydrogens is 316 g/mol. The molecule has 0 aliphatic rings. The molecule has 126 valence electrons. The molecule has 1 rings (SSSR count). The van der Waals surface area contributed by atoms with Crippen LogP contribution in [0.2, 0.25) is 0 Å². The second-order valence-electron chi connectivity index (χ2n) is 5.71. The lowest BCUT2D eigenvalue weighted by Crippen LogP contribution is -2.26. The SMILES string of the molecule is CC(C)(C)c1ccc(OCCS/N=C(N)/N=C(\N)C(=O)O)cc1. The maximum Gasteiger partial charge on any atom is 0.371 e. The molecule has 0 bridgehead atoms. The summed E-state index contributed by atoms with van der Waals surface area (Å²) in [5.74, 6) is -0.796. The van der Waals surface area contributed by atoms with Gasteiger partial charge in [0.25, 0.3) is 0 Å². The van der Waals surface area contributed by atoms with Crippen LogP contribution in [0.5, 0.6) is 5.75 Å². The normalized spacial score (nSPS) is 13.0. The number of carbonyl (C=O) groups is 1. The number of rotatable bonds is 5. The van der Waals surface area contributed by atoms with Crippen molar-refractivity contribution in [2.45, 2.75) is 26.2 Å². The Balaban J connectivity index is 2.38. The monoisotopic (exact) mass is 338 g/mol. The fourth-order valence-corrected chi connectivity index (χ4v) is 1.97. The van der Waals surface area contributed by atoms with E-state index in [0.717, 1.165) is 17.7 Å². The van der Waals surface area contributed by atoms with E-state index < -0.39 is 11.8 Å². The third kappa shape index (κ3) is 7.05. The second-order valence-corrected chi connectivity index (χ2v) is 6.56. The molecule has 0 heterocycles. The van der Waals surface area contributed by atoms with E-state index in [4.69, 9.17) is 21.3 Å². The zero-order valence-electron chi connectivity index (χ0n) is 13.4. The van der Waals surface area contributed by atoms with Gasteiger partial charge in [0.2, 0.25) is 11.8 Å². The van der Waals surface area contributed by atoms with Crippen LogP contribution in [0.25, 0.3) is 0 Å². The standard InChI is InChI=1S/C15H22N4O3S/c1-15(2,3)10-4-6-11(7-5-10)22-8-9-23-19-14(17)18-12(16)13(20)21/h4-7H,8-9H2,1-3H3,(H,20,21)(H4,16,17,18,19). The summed E-state index contributed by atoms with van der Waals surface area (Å²) in [6.45, 7) is 6.90. The van der Waals surface area contributed by atoms with Gasteiger partial charge in [0.15, 0.2) is 0 Å². The van der Waals surface area contributed by atoms with E-state index in [1.165, 1.54) is 5.56 Å². The topological polar surface area (TPSA) is 123 Å². The molecule has 0 atom stereocenters. The molecule has 0 aromatic heterocycles. The van der Waals surface area contributed by atoms with Crippen LogP contribution in [0, 0.1) is 0 Å². The number of aliphatic carboxylic acids is 1. The second kappa shape index (κ2) is 8.42. The fraction of sp³-hybridized carbons (Fsp3) is 0.400. The zero-order valence-corrected chi connectivity index (χ0v) is 14.3. The van der Waals surface area contributed by atoms with Gasteiger partial charge in [-0.1, -0.05) is 32.9 Å². The minimum atomic E-state index is -1.34. The van der Waals surface area contributed by atoms with Gasteiger partial charge in [-0.25, -0.2) is 4.79 Å². The molecule has 23 heavy (non-hydrogen) atoms. The smallest absolute Gasteiger partial charge is 0.371 e. The highest BCUT2D eigenvalue weighted by Crippen LogP contribution is 2.24. The van der Waals surface area contributed by atoms with Crippen LogP contribution in [0.1, 0.15) is 26.3 Å². The molecule has 8 heteroatoms. The Kier molecular flexibility index (Phi) is 6.89. The zero-order chi connectivity index (χ0) is 17.5. The minimum Gasteiger partial charge on any atom is -0.493 e. The van der Waals surface area contributed by atoms with Gasteiger partial charge in [0.1, 0.15) is 5.75 Å². The van der Waals surface area contributed by atoms with Crippen molar-refractivity contribution in [2.75, 3.05) is 12.4 Å². The average Bonchev–Trinajstić information content (AvgIpc) is 2.46. The highest BCUT2D eigenvalue weighted by Gasteiger charge is 2.12. The number of nitrogens with zero attached hydrogens (tertiary/aromatic N) is 2. The lowest BCUT2D eigenvalue weighted by molar-refractivity contribution is -0.129. The summed E-state index contributed by atoms with van der Waals surface area (Å²) in [5.41, 5.74) is 11.9. The molecule has 5 N–H and O–H groups in total. The quantitative estimate of drug-likeness (QED) is 0.325. The van der Waals surface area contributed by atoms with Gasteiger partial charge in [-0.3, -0.25) is 0 Å². The largest absolute Gasteiger partial charge is 0.493 e. The first kappa shape index (κ1) is 18.8. The molecule has 0 saturated heterocycles. The van der Waals surface area contributed by atoms with E-state index in [2.05, 4.69) is 30.2 Å². The van der Waals surface area contributed by atoms with Gasteiger partial charge >= 0.3 is 5.97 Å². The van der Waals surface area contributed by atoms with Crippen LogP contribution in [-0.2, 0) is 10.2 Å². The summed E-state index contributed by atoms with van der Waals surface area (Å²) < 4.78 is 9.41. The van der Waals surface area contributed by atoms with Crippen LogP contribution in [-0.4, -0.2) is 35.2 Å². The Bertz CT molecular complexity index is 592. The molecule has 0 amide bonds. The summed E-state index contributed by atoms with van der Waals surface area (Å²) >= 11 is 1.12. The number of hydrogen-bond donors (Lipinski definition) is 3. The number of carboxylic acid groups (broad SMARTS) is 1. The molecule has 7 nitrogen and oxygen atoms in total. The average molecular weight is 338 g/mol. The first-order chi connectivity index (χ1) is 10.7. The van der Waals surface area contributed by atoms with Crippen molar-refractivity contribution in [3.8, 4) is 5.75 Å². The Morgan fingerprint density at radius 3 is 2.39 bits per heavy atom. The third-order valence-corrected chi connectivity index (χ3v) is 3.44. The van der Waals surface area contributed by atoms with Gasteiger partial charge in [-0.05, 0) is 35.1 Å². The number of ether oxygens (including phenoxy) is 1. The minimum absolute atomic E-state index is 0.110. The van der Waals surface area contributed by atoms with E-state index in [1.807, 2.05) is 24.3 Å². The summed E-state index contributed by atoms with van der Waals surface area (Å²) in [5, 5.41) is 8.54. The summed E-state index contributed by atoms with van der Waals surface area (Å²) in [7, 11) is 0. The maximum absolute atomic E-state index is 10.5. The van der Waals surface area contributed by atoms with E-state index in [1.54, 1.807) is 0 Å². The Labute approximate surface area is 140 Å². The highest BCUT2D eigenvalue weighted by atomic mass is 32.2. The maximum atomic E-state index is 10.5. The molecule has 1 aromatic carbocycles. The molecule has 0 saturated carbocycles. The molecule has 0 radical (unpaired) electrons. The van der Waals surface area contributed by atoms with Gasteiger partial charge in [-0.15, -0.1) is 0 Å². The number of benzene rings is 1. The molecule has 0 unspecified atom stereocenters. The molecule has 1 aromatic rings. The van der Waals surface area contributed by atoms with Crippen molar-refractivity contribution >= 4 is 29.7 Å². The van der Waals surface area contributed by atoms with Gasteiger partial charge in [0, 0.05) is 5.75 Å². The van der Waals surface area contributed by atoms with E-state index >= 15 is 0 Å². The third-order valence-electron chi connectivity index (χ3n) is 2.78. The van der Waals surface area contributed by atoms with Crippen LogP contribution in [0.4, 0.5) is 0 Å². The van der Waals surface area contributed by atoms with Crippen molar-refractivity contribution in [1.82, 2.24) is 0 Å². The van der Waals surface area contributed by atoms with Crippen LogP contribution < -0.4 is 16.2 Å². The number of aliphatic imine (C=N–C) groups is 1. The number of amidine groups is 1. The number of hydrogen-bond acceptors (Lipinski definition) is 4. The summed E-state index contributed by atoms with van der Waals surface area (Å²) in [4.78, 5) is 13.9. The van der Waals surface area contributed by atoms with E-state index in [0.29, 0.717) is 12.4 Å². The van der Waals surface area contributed by atoms with Crippen molar-refractivity contribution < 1.29 is 14.6 Å². The number of carboxylic acids is 1. The number of nitrogens with two attached hydrogens (primary N) is 2. The fourth-order valence-electron chi connectivity index (χ4n) is 1.55. The summed E-state index contributed by atoms with van der Waals surface area (Å²) in [6, 6.07) is 7.95. The summed E-state index contributed by atoms with van der Waals surface area (Å²) in [6.07, 6.45) is 0. The van der Waals surface area contributed by atoms with Gasteiger partial charge in [-0.2, -0.15) is 9.39 Å². The predicted octanol–water partition coefficient (Wildman–Crippen LogP) is 1.77. The lowest BCUT2D eigenvalue weighted by atomic mass is 9.87. The van der Waals surface area contributed by atoms with Crippen LogP contribution in [0.3, 0.4) is 0 Å². The van der Waals surface area contributed by atoms with Gasteiger partial charge < -0.3 is 21.3 Å². The molecule has 0 aliphatic heterocycles. The van der Waals surface area contributed by atoms with E-state index in [9.17, 15) is 4.79 Å². The molecular formula is C15H22N4O3S. The predicted molar refractivity (Wildman–Crippen MR) is 94.0 cm³/mol. The Hall–Kier alpha value is -2.22. The lowest BCUT2D eigenvalue weighted by Gasteiger charge is -2.19. The van der Waals surface area contributed by atoms with Crippen molar-refractivity contribution in [3.05, 3.63) is 29.8 Å². The molecule has 0 fully saturated rings. The first-order valence-corrected chi connectivity index (χ1v) is 7.90. The van der Waals surface area contributed by atoms with Crippen LogP contribution >= 0.6 is 11.9 Å². The van der Waals surface area contributed by atoms with E-state index in [-0.39, 0.29) is 11.4 Å². The highest BCUT2D eigenvalue weighted by molar-refractivity contribution is 7.98. The van der Waals surface area contributed by atoms with Crippen LogP contribution in [0.15, 0.2) is 33.7 Å². The molecule has 0 aliphatic carbocycles.